The second kappa shape index (κ2) is 9.02. The number of nitrogens with zero attached hydrogens (tertiary/aromatic N) is 4. The quantitative estimate of drug-likeness (QED) is 0.396. The first-order valence-corrected chi connectivity index (χ1v) is 10.6. The first-order chi connectivity index (χ1) is 15.4. The van der Waals surface area contributed by atoms with Gasteiger partial charge in [0, 0.05) is 31.3 Å². The number of nitrogens with two attached hydrogens (primary N) is 1. The van der Waals surface area contributed by atoms with Crippen molar-refractivity contribution in [3.8, 4) is 11.3 Å². The van der Waals surface area contributed by atoms with Gasteiger partial charge in [-0.1, -0.05) is 35.3 Å². The van der Waals surface area contributed by atoms with Crippen LogP contribution in [0.4, 0.5) is 11.8 Å². The minimum atomic E-state index is -0.656. The minimum absolute atomic E-state index is 0.0869. The number of likely N-dealkylation sites (N-methyl/N-ethyl adjacent to an activating group) is 1. The molecule has 4 N–H and O–H groups in total. The lowest BCUT2D eigenvalue weighted by atomic mass is 10.0. The van der Waals surface area contributed by atoms with Gasteiger partial charge in [0.15, 0.2) is 0 Å². The molecule has 1 amide bonds. The zero-order valence-corrected chi connectivity index (χ0v) is 18.9. The van der Waals surface area contributed by atoms with Crippen LogP contribution >= 0.6 is 23.2 Å². The molecule has 10 heteroatoms. The van der Waals surface area contributed by atoms with Gasteiger partial charge in [-0.2, -0.15) is 4.98 Å². The zero-order chi connectivity index (χ0) is 22.8. The molecule has 3 aromatic heterocycles. The van der Waals surface area contributed by atoms with Crippen LogP contribution in [0.15, 0.2) is 48.8 Å². The molecule has 1 atom stereocenters. The maximum absolute atomic E-state index is 12.6. The van der Waals surface area contributed by atoms with Gasteiger partial charge in [-0.15, -0.1) is 0 Å². The van der Waals surface area contributed by atoms with Crippen molar-refractivity contribution in [1.82, 2.24) is 24.7 Å². The lowest BCUT2D eigenvalue weighted by Gasteiger charge is -2.19. The van der Waals surface area contributed by atoms with Gasteiger partial charge in [-0.25, -0.2) is 9.97 Å². The number of amides is 1. The van der Waals surface area contributed by atoms with Gasteiger partial charge in [-0.3, -0.25) is 4.79 Å². The van der Waals surface area contributed by atoms with Crippen LogP contribution in [0.2, 0.25) is 10.0 Å². The maximum Gasteiger partial charge on any atom is 0.242 e. The van der Waals surface area contributed by atoms with E-state index >= 15 is 0 Å². The molecule has 0 saturated carbocycles. The van der Waals surface area contributed by atoms with Gasteiger partial charge in [-0.05, 0) is 30.7 Å². The molecule has 3 heterocycles. The van der Waals surface area contributed by atoms with E-state index in [0.717, 1.165) is 22.5 Å². The van der Waals surface area contributed by atoms with Crippen LogP contribution in [0.3, 0.4) is 0 Å². The SMILES string of the molecule is CNC(=O)[C@H](Cc1cccc(Cl)c1Cl)Nc1cc(-c2ccc3cnc(C)n3c2)nc(N)n1. The number of hydrogen-bond donors (Lipinski definition) is 3. The molecule has 0 aliphatic rings. The van der Waals surface area contributed by atoms with Crippen molar-refractivity contribution in [2.45, 2.75) is 19.4 Å². The highest BCUT2D eigenvalue weighted by Crippen LogP contribution is 2.27. The van der Waals surface area contributed by atoms with Crippen molar-refractivity contribution in [3.63, 3.8) is 0 Å². The molecule has 4 aromatic rings. The number of aryl methyl sites for hydroxylation is 1. The molecular formula is C22H21Cl2N7O. The summed E-state index contributed by atoms with van der Waals surface area (Å²) in [7, 11) is 1.57. The fraction of sp³-hybridized carbons (Fsp3) is 0.182. The van der Waals surface area contributed by atoms with Crippen molar-refractivity contribution >= 4 is 46.4 Å². The largest absolute Gasteiger partial charge is 0.368 e. The standard InChI is InChI=1S/C22H21Cl2N7O/c1-12-27-10-15-7-6-14(11-31(12)15)17-9-19(30-22(25)29-17)28-18(21(32)26-2)8-13-4-3-5-16(23)20(13)24/h3-7,9-11,18H,8H2,1-2H3,(H,26,32)(H3,25,28,29,30)/t18-/m0/s1. The number of hydrogen-bond acceptors (Lipinski definition) is 6. The van der Waals surface area contributed by atoms with E-state index in [9.17, 15) is 4.79 Å². The van der Waals surface area contributed by atoms with Gasteiger partial charge in [0.25, 0.3) is 0 Å². The summed E-state index contributed by atoms with van der Waals surface area (Å²) >= 11 is 12.5. The minimum Gasteiger partial charge on any atom is -0.368 e. The van der Waals surface area contributed by atoms with Crippen LogP contribution in [0.5, 0.6) is 0 Å². The molecule has 0 radical (unpaired) electrons. The normalized spacial score (nSPS) is 12.0. The summed E-state index contributed by atoms with van der Waals surface area (Å²) in [6, 6.07) is 10.3. The van der Waals surface area contributed by atoms with E-state index in [4.69, 9.17) is 28.9 Å². The Morgan fingerprint density at radius 2 is 2.03 bits per heavy atom. The van der Waals surface area contributed by atoms with Crippen molar-refractivity contribution < 1.29 is 4.79 Å². The fourth-order valence-corrected chi connectivity index (χ4v) is 3.84. The Morgan fingerprint density at radius 1 is 1.22 bits per heavy atom. The van der Waals surface area contributed by atoms with Crippen molar-refractivity contribution in [2.24, 2.45) is 0 Å². The Morgan fingerprint density at radius 3 is 2.81 bits per heavy atom. The Bertz CT molecular complexity index is 1300. The number of aromatic nitrogens is 4. The number of nitrogen functional groups attached to an aromatic ring is 1. The Kier molecular flexibility index (Phi) is 6.16. The van der Waals surface area contributed by atoms with Crippen LogP contribution < -0.4 is 16.4 Å². The third-order valence-electron chi connectivity index (χ3n) is 5.09. The maximum atomic E-state index is 12.6. The van der Waals surface area contributed by atoms with E-state index in [1.807, 2.05) is 35.7 Å². The smallest absolute Gasteiger partial charge is 0.242 e. The number of nitrogens with one attached hydrogen (secondary N) is 2. The molecule has 164 valence electrons. The van der Waals surface area contributed by atoms with E-state index in [0.29, 0.717) is 28.0 Å². The monoisotopic (exact) mass is 469 g/mol. The van der Waals surface area contributed by atoms with Crippen LogP contribution in [-0.4, -0.2) is 38.3 Å². The summed E-state index contributed by atoms with van der Waals surface area (Å²) < 4.78 is 1.97. The molecule has 0 aliphatic heterocycles. The van der Waals surface area contributed by atoms with Gasteiger partial charge < -0.3 is 20.8 Å². The molecule has 0 saturated heterocycles. The predicted molar refractivity (Wildman–Crippen MR) is 127 cm³/mol. The lowest BCUT2D eigenvalue weighted by molar-refractivity contribution is -0.121. The molecule has 0 unspecified atom stereocenters. The number of halogens is 2. The number of fused-ring (bicyclic) bond motifs is 1. The van der Waals surface area contributed by atoms with Crippen LogP contribution in [0.25, 0.3) is 16.8 Å². The van der Waals surface area contributed by atoms with E-state index in [-0.39, 0.29) is 11.9 Å². The van der Waals surface area contributed by atoms with Crippen molar-refractivity contribution in [2.75, 3.05) is 18.1 Å². The molecule has 0 aliphatic carbocycles. The molecule has 8 nitrogen and oxygen atoms in total. The number of carbonyl (C=O) groups excluding carboxylic acids is 1. The zero-order valence-electron chi connectivity index (χ0n) is 17.4. The summed E-state index contributed by atoms with van der Waals surface area (Å²) in [6.45, 7) is 1.92. The van der Waals surface area contributed by atoms with Gasteiger partial charge in [0.1, 0.15) is 17.7 Å². The summed E-state index contributed by atoms with van der Waals surface area (Å²) in [6.07, 6.45) is 4.04. The lowest BCUT2D eigenvalue weighted by Crippen LogP contribution is -2.39. The van der Waals surface area contributed by atoms with Crippen LogP contribution in [0, 0.1) is 6.92 Å². The van der Waals surface area contributed by atoms with Crippen molar-refractivity contribution in [1.29, 1.82) is 0 Å². The van der Waals surface area contributed by atoms with E-state index < -0.39 is 6.04 Å². The summed E-state index contributed by atoms with van der Waals surface area (Å²) in [5.74, 6) is 1.14. The first kappa shape index (κ1) is 21.9. The molecule has 0 fully saturated rings. The topological polar surface area (TPSA) is 110 Å². The van der Waals surface area contributed by atoms with Crippen LogP contribution in [-0.2, 0) is 11.2 Å². The summed E-state index contributed by atoms with van der Waals surface area (Å²) in [5.41, 5.74) is 9.15. The summed E-state index contributed by atoms with van der Waals surface area (Å²) in [4.78, 5) is 25.5. The summed E-state index contributed by atoms with van der Waals surface area (Å²) in [5, 5.41) is 6.66. The fourth-order valence-electron chi connectivity index (χ4n) is 3.45. The van der Waals surface area contributed by atoms with E-state index in [1.165, 1.54) is 0 Å². The molecule has 0 spiro atoms. The molecule has 32 heavy (non-hydrogen) atoms. The Balaban J connectivity index is 1.66. The second-order valence-corrected chi connectivity index (χ2v) is 8.03. The van der Waals surface area contributed by atoms with E-state index in [1.54, 1.807) is 31.4 Å². The number of benzene rings is 1. The third kappa shape index (κ3) is 4.46. The highest BCUT2D eigenvalue weighted by Gasteiger charge is 2.21. The highest BCUT2D eigenvalue weighted by molar-refractivity contribution is 6.42. The highest BCUT2D eigenvalue weighted by atomic mass is 35.5. The third-order valence-corrected chi connectivity index (χ3v) is 5.95. The van der Waals surface area contributed by atoms with Gasteiger partial charge in [0.05, 0.1) is 27.5 Å². The van der Waals surface area contributed by atoms with Gasteiger partial charge in [0.2, 0.25) is 11.9 Å². The first-order valence-electron chi connectivity index (χ1n) is 9.85. The number of carbonyl (C=O) groups is 1. The molecule has 0 bridgehead atoms. The Hall–Kier alpha value is -3.36. The van der Waals surface area contributed by atoms with E-state index in [2.05, 4.69) is 25.6 Å². The number of rotatable bonds is 6. The Labute approximate surface area is 194 Å². The van der Waals surface area contributed by atoms with Gasteiger partial charge >= 0.3 is 0 Å². The molecule has 1 aromatic carbocycles. The predicted octanol–water partition coefficient (Wildman–Crippen LogP) is 3.76. The average Bonchev–Trinajstić information content (AvgIpc) is 3.15. The molecule has 4 rings (SSSR count). The average molecular weight is 470 g/mol. The number of anilines is 2. The number of imidazole rings is 1. The molecular weight excluding hydrogens is 449 g/mol. The van der Waals surface area contributed by atoms with Crippen molar-refractivity contribution in [3.05, 3.63) is 70.2 Å². The number of pyridine rings is 1. The second-order valence-electron chi connectivity index (χ2n) is 7.24. The van der Waals surface area contributed by atoms with Crippen LogP contribution in [0.1, 0.15) is 11.4 Å².